The Hall–Kier alpha value is -2.52. The molecule has 1 aromatic carbocycles. The van der Waals surface area contributed by atoms with Crippen molar-refractivity contribution in [3.63, 3.8) is 0 Å². The average molecular weight is 284 g/mol. The number of carbonyl (C=O) groups excluding carboxylic acids is 1. The summed E-state index contributed by atoms with van der Waals surface area (Å²) in [5, 5.41) is 15.3. The second kappa shape index (κ2) is 6.59. The molecule has 0 unspecified atom stereocenters. The van der Waals surface area contributed by atoms with Crippen LogP contribution in [0.1, 0.15) is 21.8 Å². The minimum absolute atomic E-state index is 0.208. The SMILES string of the molecule is Cc1nc(CC(=O)NN=Cc2ccc(C#N)cc2)cs1. The predicted molar refractivity (Wildman–Crippen MR) is 77.4 cm³/mol. The van der Waals surface area contributed by atoms with Gasteiger partial charge in [-0.1, -0.05) is 12.1 Å². The number of rotatable bonds is 4. The summed E-state index contributed by atoms with van der Waals surface area (Å²) in [6, 6.07) is 8.95. The van der Waals surface area contributed by atoms with Gasteiger partial charge in [-0.15, -0.1) is 11.3 Å². The van der Waals surface area contributed by atoms with Crippen LogP contribution in [0, 0.1) is 18.3 Å². The maximum Gasteiger partial charge on any atom is 0.246 e. The number of aromatic nitrogens is 1. The average Bonchev–Trinajstić information content (AvgIpc) is 2.85. The summed E-state index contributed by atoms with van der Waals surface area (Å²) < 4.78 is 0. The topological polar surface area (TPSA) is 78.1 Å². The fourth-order valence-electron chi connectivity index (χ4n) is 1.52. The lowest BCUT2D eigenvalue weighted by Gasteiger charge is -1.97. The zero-order chi connectivity index (χ0) is 14.4. The monoisotopic (exact) mass is 284 g/mol. The minimum Gasteiger partial charge on any atom is -0.273 e. The van der Waals surface area contributed by atoms with E-state index >= 15 is 0 Å². The highest BCUT2D eigenvalue weighted by atomic mass is 32.1. The van der Waals surface area contributed by atoms with Crippen molar-refractivity contribution in [2.24, 2.45) is 5.10 Å². The molecule has 2 aromatic rings. The van der Waals surface area contributed by atoms with E-state index in [1.807, 2.05) is 18.4 Å². The van der Waals surface area contributed by atoms with Crippen molar-refractivity contribution < 1.29 is 4.79 Å². The Balaban J connectivity index is 1.86. The Morgan fingerprint density at radius 3 is 2.85 bits per heavy atom. The molecule has 0 bridgehead atoms. The minimum atomic E-state index is -0.208. The summed E-state index contributed by atoms with van der Waals surface area (Å²) in [5.74, 6) is -0.208. The quantitative estimate of drug-likeness (QED) is 0.689. The Labute approximate surface area is 120 Å². The Morgan fingerprint density at radius 2 is 2.25 bits per heavy atom. The van der Waals surface area contributed by atoms with Crippen LogP contribution in [-0.4, -0.2) is 17.1 Å². The largest absolute Gasteiger partial charge is 0.273 e. The van der Waals surface area contributed by atoms with Gasteiger partial charge >= 0.3 is 0 Å². The molecule has 1 amide bonds. The van der Waals surface area contributed by atoms with Gasteiger partial charge in [0.25, 0.3) is 0 Å². The molecule has 6 heteroatoms. The van der Waals surface area contributed by atoms with Crippen LogP contribution in [0.25, 0.3) is 0 Å². The van der Waals surface area contributed by atoms with Crippen molar-refractivity contribution in [1.29, 1.82) is 5.26 Å². The van der Waals surface area contributed by atoms with Gasteiger partial charge < -0.3 is 0 Å². The maximum absolute atomic E-state index is 11.6. The number of hydrogen-bond acceptors (Lipinski definition) is 5. The molecule has 1 aromatic heterocycles. The van der Waals surface area contributed by atoms with Gasteiger partial charge in [-0.3, -0.25) is 4.79 Å². The van der Waals surface area contributed by atoms with E-state index in [1.54, 1.807) is 24.3 Å². The molecule has 100 valence electrons. The summed E-state index contributed by atoms with van der Waals surface area (Å²) in [5.41, 5.74) is 4.60. The summed E-state index contributed by atoms with van der Waals surface area (Å²) >= 11 is 1.51. The Bertz CT molecular complexity index is 667. The fourth-order valence-corrected chi connectivity index (χ4v) is 2.13. The first-order chi connectivity index (χ1) is 9.67. The standard InChI is InChI=1S/C14H12N4OS/c1-10-17-13(9-20-10)6-14(19)18-16-8-12-4-2-11(7-15)3-5-12/h2-5,8-9H,6H2,1H3,(H,18,19). The van der Waals surface area contributed by atoms with Gasteiger partial charge in [-0.05, 0) is 24.6 Å². The molecular formula is C14H12N4OS. The van der Waals surface area contributed by atoms with E-state index in [9.17, 15) is 4.79 Å². The molecule has 0 saturated carbocycles. The van der Waals surface area contributed by atoms with Crippen LogP contribution in [0.15, 0.2) is 34.7 Å². The first kappa shape index (κ1) is 13.9. The van der Waals surface area contributed by atoms with Crippen molar-refractivity contribution in [2.45, 2.75) is 13.3 Å². The lowest BCUT2D eigenvalue weighted by Crippen LogP contribution is -2.19. The number of hydrazone groups is 1. The summed E-state index contributed by atoms with van der Waals surface area (Å²) in [4.78, 5) is 15.8. The third-order valence-corrected chi connectivity index (χ3v) is 3.27. The molecule has 0 aliphatic heterocycles. The van der Waals surface area contributed by atoms with Gasteiger partial charge in [-0.25, -0.2) is 10.4 Å². The first-order valence-electron chi connectivity index (χ1n) is 5.90. The number of nitriles is 1. The van der Waals surface area contributed by atoms with Crippen molar-refractivity contribution in [3.05, 3.63) is 51.5 Å². The second-order valence-electron chi connectivity index (χ2n) is 4.06. The third kappa shape index (κ3) is 4.00. The number of hydrogen-bond donors (Lipinski definition) is 1. The van der Waals surface area contributed by atoms with E-state index in [0.717, 1.165) is 16.3 Å². The van der Waals surface area contributed by atoms with Crippen molar-refractivity contribution >= 4 is 23.5 Å². The number of nitrogens with zero attached hydrogens (tertiary/aromatic N) is 3. The van der Waals surface area contributed by atoms with Crippen LogP contribution >= 0.6 is 11.3 Å². The van der Waals surface area contributed by atoms with Crippen LogP contribution in [0.3, 0.4) is 0 Å². The lowest BCUT2D eigenvalue weighted by molar-refractivity contribution is -0.120. The van der Waals surface area contributed by atoms with Crippen LogP contribution in [0.2, 0.25) is 0 Å². The van der Waals surface area contributed by atoms with Crippen molar-refractivity contribution in [2.75, 3.05) is 0 Å². The highest BCUT2D eigenvalue weighted by Gasteiger charge is 2.04. The molecule has 20 heavy (non-hydrogen) atoms. The highest BCUT2D eigenvalue weighted by molar-refractivity contribution is 7.09. The second-order valence-corrected chi connectivity index (χ2v) is 5.12. The van der Waals surface area contributed by atoms with Crippen LogP contribution < -0.4 is 5.43 Å². The van der Waals surface area contributed by atoms with Gasteiger partial charge in [0.1, 0.15) is 0 Å². The molecule has 2 rings (SSSR count). The molecular weight excluding hydrogens is 272 g/mol. The number of aryl methyl sites for hydroxylation is 1. The first-order valence-corrected chi connectivity index (χ1v) is 6.78. The molecule has 1 N–H and O–H groups in total. The maximum atomic E-state index is 11.6. The van der Waals surface area contributed by atoms with Crippen LogP contribution in [-0.2, 0) is 11.2 Å². The summed E-state index contributed by atoms with van der Waals surface area (Å²) in [6.07, 6.45) is 1.75. The zero-order valence-electron chi connectivity index (χ0n) is 10.8. The van der Waals surface area contributed by atoms with Gasteiger partial charge in [0.15, 0.2) is 0 Å². The fraction of sp³-hybridized carbons (Fsp3) is 0.143. The molecule has 0 aliphatic rings. The van der Waals surface area contributed by atoms with Gasteiger partial charge in [-0.2, -0.15) is 10.4 Å². The molecule has 0 aliphatic carbocycles. The smallest absolute Gasteiger partial charge is 0.246 e. The number of thiazole rings is 1. The molecule has 1 heterocycles. The normalized spacial score (nSPS) is 10.4. The molecule has 5 nitrogen and oxygen atoms in total. The Kier molecular flexibility index (Phi) is 4.58. The van der Waals surface area contributed by atoms with Crippen molar-refractivity contribution in [3.8, 4) is 6.07 Å². The van der Waals surface area contributed by atoms with Crippen LogP contribution in [0.5, 0.6) is 0 Å². The van der Waals surface area contributed by atoms with Crippen molar-refractivity contribution in [1.82, 2.24) is 10.4 Å². The number of nitrogens with one attached hydrogen (secondary N) is 1. The number of amides is 1. The van der Waals surface area contributed by atoms with Gasteiger partial charge in [0.2, 0.25) is 5.91 Å². The van der Waals surface area contributed by atoms with E-state index in [0.29, 0.717) is 5.56 Å². The third-order valence-electron chi connectivity index (χ3n) is 2.45. The Morgan fingerprint density at radius 1 is 1.50 bits per heavy atom. The highest BCUT2D eigenvalue weighted by Crippen LogP contribution is 2.08. The summed E-state index contributed by atoms with van der Waals surface area (Å²) in [6.45, 7) is 1.90. The number of benzene rings is 1. The van der Waals surface area contributed by atoms with Gasteiger partial charge in [0.05, 0.1) is 35.0 Å². The van der Waals surface area contributed by atoms with Crippen LogP contribution in [0.4, 0.5) is 0 Å². The molecule has 0 saturated heterocycles. The van der Waals surface area contributed by atoms with E-state index < -0.39 is 0 Å². The molecule has 0 atom stereocenters. The van der Waals surface area contributed by atoms with E-state index in [4.69, 9.17) is 5.26 Å². The molecule has 0 fully saturated rings. The van der Waals surface area contributed by atoms with E-state index in [-0.39, 0.29) is 12.3 Å². The van der Waals surface area contributed by atoms with E-state index in [2.05, 4.69) is 15.5 Å². The van der Waals surface area contributed by atoms with Gasteiger partial charge in [0, 0.05) is 5.38 Å². The predicted octanol–water partition coefficient (Wildman–Crippen LogP) is 2.02. The molecule has 0 spiro atoms. The number of carbonyl (C=O) groups is 1. The summed E-state index contributed by atoms with van der Waals surface area (Å²) in [7, 11) is 0. The molecule has 0 radical (unpaired) electrons. The zero-order valence-corrected chi connectivity index (χ0v) is 11.6. The van der Waals surface area contributed by atoms with E-state index in [1.165, 1.54) is 17.6 Å². The lowest BCUT2D eigenvalue weighted by atomic mass is 10.2.